The third-order valence-electron chi connectivity index (χ3n) is 1.66. The topological polar surface area (TPSA) is 46.2 Å². The van der Waals surface area contributed by atoms with Gasteiger partial charge >= 0.3 is 0 Å². The first-order valence-electron chi connectivity index (χ1n) is 4.31. The van der Waals surface area contributed by atoms with Crippen molar-refractivity contribution in [2.75, 3.05) is 6.54 Å². The van der Waals surface area contributed by atoms with Gasteiger partial charge in [0.25, 0.3) is 0 Å². The van der Waals surface area contributed by atoms with Crippen molar-refractivity contribution in [3.63, 3.8) is 0 Å². The molecular weight excluding hydrogens is 241 g/mol. The molecule has 0 aliphatic carbocycles. The summed E-state index contributed by atoms with van der Waals surface area (Å²) in [5, 5.41) is -0.312. The van der Waals surface area contributed by atoms with E-state index in [9.17, 15) is 12.8 Å². The Labute approximate surface area is 93.3 Å². The van der Waals surface area contributed by atoms with Gasteiger partial charge in [-0.15, -0.1) is 11.6 Å². The Balaban J connectivity index is 2.87. The number of nitrogens with one attached hydrogen (secondary N) is 1. The first kappa shape index (κ1) is 12.4. The van der Waals surface area contributed by atoms with Gasteiger partial charge in [0.1, 0.15) is 5.82 Å². The van der Waals surface area contributed by atoms with Gasteiger partial charge in [0, 0.05) is 11.9 Å². The first-order valence-corrected chi connectivity index (χ1v) is 6.23. The Morgan fingerprint density at radius 3 is 2.73 bits per heavy atom. The van der Waals surface area contributed by atoms with Crippen LogP contribution in [-0.2, 0) is 10.0 Å². The number of hydrogen-bond donors (Lipinski definition) is 1. The summed E-state index contributed by atoms with van der Waals surface area (Å²) in [5.41, 5.74) is 0. The second kappa shape index (κ2) is 4.92. The van der Waals surface area contributed by atoms with Crippen LogP contribution in [-0.4, -0.2) is 20.3 Å². The zero-order chi connectivity index (χ0) is 11.5. The lowest BCUT2D eigenvalue weighted by Crippen LogP contribution is -2.28. The summed E-state index contributed by atoms with van der Waals surface area (Å²) >= 11 is 5.60. The molecule has 1 unspecified atom stereocenters. The molecule has 1 atom stereocenters. The summed E-state index contributed by atoms with van der Waals surface area (Å²) < 4.78 is 38.2. The molecule has 0 fully saturated rings. The van der Waals surface area contributed by atoms with E-state index in [-0.39, 0.29) is 16.8 Å². The van der Waals surface area contributed by atoms with Gasteiger partial charge in [-0.05, 0) is 25.1 Å². The van der Waals surface area contributed by atoms with E-state index in [4.69, 9.17) is 11.6 Å². The van der Waals surface area contributed by atoms with Crippen molar-refractivity contribution >= 4 is 21.6 Å². The highest BCUT2D eigenvalue weighted by molar-refractivity contribution is 7.89. The van der Waals surface area contributed by atoms with Gasteiger partial charge in [0.2, 0.25) is 10.0 Å². The van der Waals surface area contributed by atoms with E-state index < -0.39 is 15.8 Å². The van der Waals surface area contributed by atoms with Crippen molar-refractivity contribution in [2.45, 2.75) is 17.2 Å². The lowest BCUT2D eigenvalue weighted by molar-refractivity contribution is 0.577. The van der Waals surface area contributed by atoms with E-state index in [1.165, 1.54) is 18.2 Å². The smallest absolute Gasteiger partial charge is 0.210 e. The molecule has 1 aromatic carbocycles. The molecule has 0 aliphatic heterocycles. The molecule has 0 amide bonds. The Bertz CT molecular complexity index is 433. The number of benzene rings is 1. The summed E-state index contributed by atoms with van der Waals surface area (Å²) in [6, 6.07) is 4.81. The minimum atomic E-state index is -3.65. The van der Waals surface area contributed by atoms with Gasteiger partial charge in [-0.3, -0.25) is 0 Å². The van der Waals surface area contributed by atoms with Crippen LogP contribution >= 0.6 is 11.6 Å². The van der Waals surface area contributed by atoms with E-state index in [1.807, 2.05) is 0 Å². The zero-order valence-corrected chi connectivity index (χ0v) is 9.65. The highest BCUT2D eigenvalue weighted by Crippen LogP contribution is 2.10. The van der Waals surface area contributed by atoms with Crippen LogP contribution in [0.4, 0.5) is 4.39 Å². The lowest BCUT2D eigenvalue weighted by Gasteiger charge is -2.07. The minimum absolute atomic E-state index is 0.0974. The molecule has 15 heavy (non-hydrogen) atoms. The highest BCUT2D eigenvalue weighted by atomic mass is 35.5. The standard InChI is InChI=1S/C9H11ClFNO2S/c1-7(10)6-12-15(13,14)9-4-2-3-8(11)5-9/h2-5,7,12H,6H2,1H3. The van der Waals surface area contributed by atoms with Crippen molar-refractivity contribution in [3.8, 4) is 0 Å². The normalized spacial score (nSPS) is 13.8. The predicted octanol–water partition coefficient (Wildman–Crippen LogP) is 1.73. The molecule has 0 heterocycles. The van der Waals surface area contributed by atoms with E-state index in [0.717, 1.165) is 6.07 Å². The quantitative estimate of drug-likeness (QED) is 0.829. The Morgan fingerprint density at radius 2 is 2.20 bits per heavy atom. The van der Waals surface area contributed by atoms with Crippen molar-refractivity contribution in [3.05, 3.63) is 30.1 Å². The third kappa shape index (κ3) is 3.77. The van der Waals surface area contributed by atoms with Crippen LogP contribution in [0.1, 0.15) is 6.92 Å². The molecule has 1 N–H and O–H groups in total. The van der Waals surface area contributed by atoms with E-state index in [0.29, 0.717) is 0 Å². The average Bonchev–Trinajstić information content (AvgIpc) is 2.15. The molecule has 0 aliphatic rings. The van der Waals surface area contributed by atoms with Crippen LogP contribution in [0.5, 0.6) is 0 Å². The fourth-order valence-electron chi connectivity index (χ4n) is 0.942. The summed E-state index contributed by atoms with van der Waals surface area (Å²) in [4.78, 5) is -0.0974. The molecule has 0 spiro atoms. The van der Waals surface area contributed by atoms with Crippen LogP contribution in [0.25, 0.3) is 0 Å². The summed E-state index contributed by atoms with van der Waals surface area (Å²) in [6.45, 7) is 1.77. The fourth-order valence-corrected chi connectivity index (χ4v) is 2.27. The first-order chi connectivity index (χ1) is 6.92. The van der Waals surface area contributed by atoms with Crippen molar-refractivity contribution < 1.29 is 12.8 Å². The van der Waals surface area contributed by atoms with Gasteiger partial charge in [-0.1, -0.05) is 6.07 Å². The predicted molar refractivity (Wildman–Crippen MR) is 56.9 cm³/mol. The maximum atomic E-state index is 12.8. The van der Waals surface area contributed by atoms with Crippen molar-refractivity contribution in [1.29, 1.82) is 0 Å². The second-order valence-corrected chi connectivity index (χ2v) is 5.60. The van der Waals surface area contributed by atoms with Gasteiger partial charge in [-0.25, -0.2) is 17.5 Å². The van der Waals surface area contributed by atoms with Gasteiger partial charge < -0.3 is 0 Å². The van der Waals surface area contributed by atoms with E-state index in [1.54, 1.807) is 6.92 Å². The molecule has 0 saturated carbocycles. The molecule has 1 rings (SSSR count). The molecule has 0 radical (unpaired) electrons. The zero-order valence-electron chi connectivity index (χ0n) is 8.07. The molecule has 0 bridgehead atoms. The highest BCUT2D eigenvalue weighted by Gasteiger charge is 2.14. The number of rotatable bonds is 4. The largest absolute Gasteiger partial charge is 0.240 e. The minimum Gasteiger partial charge on any atom is -0.210 e. The van der Waals surface area contributed by atoms with E-state index in [2.05, 4.69) is 4.72 Å². The van der Waals surface area contributed by atoms with Crippen molar-refractivity contribution in [2.24, 2.45) is 0 Å². The Kier molecular flexibility index (Phi) is 4.07. The molecule has 0 aromatic heterocycles. The van der Waals surface area contributed by atoms with Crippen LogP contribution in [0, 0.1) is 5.82 Å². The number of sulfonamides is 1. The summed E-state index contributed by atoms with van der Waals surface area (Å²) in [6.07, 6.45) is 0. The molecular formula is C9H11ClFNO2S. The van der Waals surface area contributed by atoms with Crippen molar-refractivity contribution in [1.82, 2.24) is 4.72 Å². The monoisotopic (exact) mass is 251 g/mol. The fraction of sp³-hybridized carbons (Fsp3) is 0.333. The number of halogens is 2. The third-order valence-corrected chi connectivity index (χ3v) is 3.24. The molecule has 6 heteroatoms. The Hall–Kier alpha value is -0.650. The van der Waals surface area contributed by atoms with Gasteiger partial charge in [0.15, 0.2) is 0 Å². The van der Waals surface area contributed by atoms with Gasteiger partial charge in [0.05, 0.1) is 4.90 Å². The molecule has 0 saturated heterocycles. The number of hydrogen-bond acceptors (Lipinski definition) is 2. The summed E-state index contributed by atoms with van der Waals surface area (Å²) in [7, 11) is -3.65. The van der Waals surface area contributed by atoms with Crippen LogP contribution in [0.15, 0.2) is 29.2 Å². The maximum Gasteiger partial charge on any atom is 0.240 e. The molecule has 1 aromatic rings. The SMILES string of the molecule is CC(Cl)CNS(=O)(=O)c1cccc(F)c1. The van der Waals surface area contributed by atoms with Crippen LogP contribution < -0.4 is 4.72 Å². The Morgan fingerprint density at radius 1 is 1.53 bits per heavy atom. The molecule has 3 nitrogen and oxygen atoms in total. The molecule has 84 valence electrons. The lowest BCUT2D eigenvalue weighted by atomic mass is 10.4. The van der Waals surface area contributed by atoms with Crippen LogP contribution in [0.2, 0.25) is 0 Å². The average molecular weight is 252 g/mol. The second-order valence-electron chi connectivity index (χ2n) is 3.09. The van der Waals surface area contributed by atoms with E-state index >= 15 is 0 Å². The summed E-state index contributed by atoms with van der Waals surface area (Å²) in [5.74, 6) is -0.586. The number of alkyl halides is 1. The van der Waals surface area contributed by atoms with Crippen LogP contribution in [0.3, 0.4) is 0 Å². The van der Waals surface area contributed by atoms with Gasteiger partial charge in [-0.2, -0.15) is 0 Å². The maximum absolute atomic E-state index is 12.8.